The number of allylic oxidation sites excluding steroid dienone is 3. The van der Waals surface area contributed by atoms with Gasteiger partial charge in [0.05, 0.1) is 19.0 Å². The molecule has 0 amide bonds. The van der Waals surface area contributed by atoms with Gasteiger partial charge in [-0.3, -0.25) is 0 Å². The standard InChI is InChI=1S/C21H34O11/c1-9(2)10-3-5-11(6-4-10)30-21-19(28)17(26)15(24)13(32-21)8-29-20-18(27)16(25)14(23)12(7-22)31-20/h5,10,12-28H,1,3-4,6-8H2,2H3/t10-,12+,13+,14+,15+,16-,17-,18+,19+,20+,21+/m0/s1. The molecule has 1 aliphatic carbocycles. The maximum Gasteiger partial charge on any atom is 0.228 e. The largest absolute Gasteiger partial charge is 0.467 e. The second-order valence-electron chi connectivity index (χ2n) is 8.65. The minimum atomic E-state index is -1.62. The first kappa shape index (κ1) is 25.5. The van der Waals surface area contributed by atoms with Crippen LogP contribution < -0.4 is 0 Å². The van der Waals surface area contributed by atoms with Crippen molar-refractivity contribution in [3.63, 3.8) is 0 Å². The lowest BCUT2D eigenvalue weighted by Gasteiger charge is -2.43. The van der Waals surface area contributed by atoms with Crippen LogP contribution >= 0.6 is 0 Å². The summed E-state index contributed by atoms with van der Waals surface area (Å²) in [5.74, 6) is 0.954. The van der Waals surface area contributed by atoms with Gasteiger partial charge < -0.3 is 54.7 Å². The van der Waals surface area contributed by atoms with Crippen molar-refractivity contribution >= 4 is 0 Å². The zero-order valence-electron chi connectivity index (χ0n) is 17.9. The average molecular weight is 462 g/mol. The normalized spacial score (nSPS) is 45.2. The van der Waals surface area contributed by atoms with Crippen molar-refractivity contribution < 1.29 is 54.7 Å². The summed E-state index contributed by atoms with van der Waals surface area (Å²) < 4.78 is 22.0. The van der Waals surface area contributed by atoms with Gasteiger partial charge in [0.15, 0.2) is 6.29 Å². The fourth-order valence-electron chi connectivity index (χ4n) is 4.06. The lowest BCUT2D eigenvalue weighted by atomic mass is 9.88. The molecule has 11 heteroatoms. The third-order valence-electron chi connectivity index (χ3n) is 6.28. The average Bonchev–Trinajstić information content (AvgIpc) is 2.78. The van der Waals surface area contributed by atoms with E-state index < -0.39 is 74.6 Å². The first-order valence-electron chi connectivity index (χ1n) is 10.8. The molecular formula is C21H34O11. The molecule has 0 spiro atoms. The van der Waals surface area contributed by atoms with Crippen LogP contribution in [0.1, 0.15) is 26.2 Å². The molecule has 2 heterocycles. The van der Waals surface area contributed by atoms with Gasteiger partial charge in [-0.1, -0.05) is 12.2 Å². The zero-order valence-corrected chi connectivity index (χ0v) is 17.9. The highest BCUT2D eigenvalue weighted by Gasteiger charge is 2.48. The van der Waals surface area contributed by atoms with Crippen molar-refractivity contribution in [3.05, 3.63) is 24.0 Å². The quantitative estimate of drug-likeness (QED) is 0.206. The van der Waals surface area contributed by atoms with E-state index in [9.17, 15) is 35.7 Å². The van der Waals surface area contributed by atoms with Crippen LogP contribution in [0.2, 0.25) is 0 Å². The highest BCUT2D eigenvalue weighted by Crippen LogP contribution is 2.32. The van der Waals surface area contributed by atoms with E-state index in [0.29, 0.717) is 18.1 Å². The lowest BCUT2D eigenvalue weighted by Crippen LogP contribution is -2.61. The molecule has 0 aromatic rings. The molecular weight excluding hydrogens is 428 g/mol. The van der Waals surface area contributed by atoms with E-state index in [4.69, 9.17) is 18.9 Å². The van der Waals surface area contributed by atoms with Crippen molar-refractivity contribution in [2.24, 2.45) is 5.92 Å². The molecule has 2 aliphatic heterocycles. The van der Waals surface area contributed by atoms with Crippen molar-refractivity contribution in [2.75, 3.05) is 13.2 Å². The Morgan fingerprint density at radius 3 is 2.09 bits per heavy atom. The van der Waals surface area contributed by atoms with Gasteiger partial charge in [-0.25, -0.2) is 0 Å². The summed E-state index contributed by atoms with van der Waals surface area (Å²) in [5.41, 5.74) is 1.08. The molecule has 0 bridgehead atoms. The van der Waals surface area contributed by atoms with E-state index in [1.807, 2.05) is 13.0 Å². The van der Waals surface area contributed by atoms with E-state index >= 15 is 0 Å². The van der Waals surface area contributed by atoms with E-state index in [-0.39, 0.29) is 0 Å². The van der Waals surface area contributed by atoms with Crippen LogP contribution in [0.5, 0.6) is 0 Å². The van der Waals surface area contributed by atoms with Gasteiger partial charge >= 0.3 is 0 Å². The van der Waals surface area contributed by atoms with Gasteiger partial charge in [0.1, 0.15) is 48.8 Å². The summed E-state index contributed by atoms with van der Waals surface area (Å²) in [6, 6.07) is 0. The first-order chi connectivity index (χ1) is 15.1. The molecule has 0 aromatic heterocycles. The summed E-state index contributed by atoms with van der Waals surface area (Å²) >= 11 is 0. The van der Waals surface area contributed by atoms with Gasteiger partial charge in [0, 0.05) is 6.42 Å². The third kappa shape index (κ3) is 5.50. The number of rotatable bonds is 7. The molecule has 2 saturated heterocycles. The van der Waals surface area contributed by atoms with Crippen LogP contribution in [0, 0.1) is 5.92 Å². The second-order valence-corrected chi connectivity index (χ2v) is 8.65. The van der Waals surface area contributed by atoms with Gasteiger partial charge in [-0.15, -0.1) is 0 Å². The molecule has 11 nitrogen and oxygen atoms in total. The Labute approximate surface area is 186 Å². The topological polar surface area (TPSA) is 179 Å². The highest BCUT2D eigenvalue weighted by atomic mass is 16.7. The van der Waals surface area contributed by atoms with Crippen LogP contribution in [0.3, 0.4) is 0 Å². The first-order valence-corrected chi connectivity index (χ1v) is 10.8. The van der Waals surface area contributed by atoms with E-state index in [0.717, 1.165) is 18.4 Å². The lowest BCUT2D eigenvalue weighted by molar-refractivity contribution is -0.327. The maximum absolute atomic E-state index is 10.3. The molecule has 32 heavy (non-hydrogen) atoms. The molecule has 0 unspecified atom stereocenters. The van der Waals surface area contributed by atoms with E-state index in [1.54, 1.807) is 0 Å². The number of hydrogen-bond donors (Lipinski definition) is 7. The molecule has 7 N–H and O–H groups in total. The number of aliphatic hydroxyl groups is 7. The van der Waals surface area contributed by atoms with Crippen LogP contribution in [-0.2, 0) is 18.9 Å². The van der Waals surface area contributed by atoms with Gasteiger partial charge in [-0.2, -0.15) is 0 Å². The smallest absolute Gasteiger partial charge is 0.228 e. The van der Waals surface area contributed by atoms with E-state index in [2.05, 4.69) is 6.58 Å². The van der Waals surface area contributed by atoms with Crippen LogP contribution in [-0.4, -0.2) is 110 Å². The predicted molar refractivity (Wildman–Crippen MR) is 108 cm³/mol. The second kappa shape index (κ2) is 10.9. The Balaban J connectivity index is 1.60. The molecule has 184 valence electrons. The van der Waals surface area contributed by atoms with Crippen LogP contribution in [0.4, 0.5) is 0 Å². The Hall–Kier alpha value is -1.12. The molecule has 2 fully saturated rings. The SMILES string of the molecule is C=C(C)[C@H]1CC=C(O[C@@H]2O[C@H](CO[C@@H]3O[C@H](CO)[C@@H](O)[C@H](O)[C@H]3O)[C@@H](O)[C@H](O)[C@H]2O)CC1. The molecule has 0 radical (unpaired) electrons. The Bertz CT molecular complexity index is 668. The van der Waals surface area contributed by atoms with Crippen LogP contribution in [0.15, 0.2) is 24.0 Å². The predicted octanol–water partition coefficient (Wildman–Crippen LogP) is -2.11. The number of aliphatic hydroxyl groups excluding tert-OH is 7. The number of hydrogen-bond acceptors (Lipinski definition) is 11. The molecule has 3 aliphatic rings. The molecule has 0 saturated carbocycles. The summed E-state index contributed by atoms with van der Waals surface area (Å²) in [6.45, 7) is 4.92. The fraction of sp³-hybridized carbons (Fsp3) is 0.810. The molecule has 11 atom stereocenters. The van der Waals surface area contributed by atoms with Gasteiger partial charge in [0.25, 0.3) is 0 Å². The highest BCUT2D eigenvalue weighted by molar-refractivity contribution is 5.08. The fourth-order valence-corrected chi connectivity index (χ4v) is 4.06. The summed E-state index contributed by atoms with van der Waals surface area (Å²) in [5, 5.41) is 69.8. The Morgan fingerprint density at radius 1 is 0.938 bits per heavy atom. The van der Waals surface area contributed by atoms with Gasteiger partial charge in [0.2, 0.25) is 6.29 Å². The van der Waals surface area contributed by atoms with Gasteiger partial charge in [-0.05, 0) is 31.8 Å². The number of ether oxygens (including phenoxy) is 4. The van der Waals surface area contributed by atoms with Crippen molar-refractivity contribution in [2.45, 2.75) is 87.6 Å². The van der Waals surface area contributed by atoms with Crippen LogP contribution in [0.25, 0.3) is 0 Å². The Kier molecular flexibility index (Phi) is 8.66. The zero-order chi connectivity index (χ0) is 23.6. The summed E-state index contributed by atoms with van der Waals surface area (Å²) in [6.07, 6.45) is -10.3. The van der Waals surface area contributed by atoms with Crippen molar-refractivity contribution in [3.8, 4) is 0 Å². The van der Waals surface area contributed by atoms with Crippen molar-refractivity contribution in [1.29, 1.82) is 0 Å². The van der Waals surface area contributed by atoms with E-state index in [1.165, 1.54) is 0 Å². The third-order valence-corrected chi connectivity index (χ3v) is 6.28. The maximum atomic E-state index is 10.3. The summed E-state index contributed by atoms with van der Waals surface area (Å²) in [7, 11) is 0. The molecule has 3 rings (SSSR count). The monoisotopic (exact) mass is 462 g/mol. The minimum absolute atomic E-state index is 0.353. The van der Waals surface area contributed by atoms with Crippen molar-refractivity contribution in [1.82, 2.24) is 0 Å². The summed E-state index contributed by atoms with van der Waals surface area (Å²) in [4.78, 5) is 0. The Morgan fingerprint density at radius 2 is 1.53 bits per heavy atom. The minimum Gasteiger partial charge on any atom is -0.467 e. The molecule has 0 aromatic carbocycles.